The van der Waals surface area contributed by atoms with Gasteiger partial charge in [-0.25, -0.2) is 4.68 Å². The molecule has 8 nitrogen and oxygen atoms in total. The topological polar surface area (TPSA) is 95.1 Å². The highest BCUT2D eigenvalue weighted by molar-refractivity contribution is 9.10. The lowest BCUT2D eigenvalue weighted by Gasteiger charge is -2.02. The van der Waals surface area contributed by atoms with E-state index in [9.17, 15) is 10.1 Å². The van der Waals surface area contributed by atoms with Gasteiger partial charge >= 0.3 is 0 Å². The summed E-state index contributed by atoms with van der Waals surface area (Å²) in [6.07, 6.45) is 1.77. The fourth-order valence-electron chi connectivity index (χ4n) is 1.68. The summed E-state index contributed by atoms with van der Waals surface area (Å²) in [5.74, 6) is 0. The summed E-state index contributed by atoms with van der Waals surface area (Å²) in [6.45, 7) is 1.94. The minimum absolute atomic E-state index is 0.0142. The zero-order valence-electron chi connectivity index (χ0n) is 11.3. The summed E-state index contributed by atoms with van der Waals surface area (Å²) in [5, 5.41) is 22.0. The van der Waals surface area contributed by atoms with Crippen molar-refractivity contribution in [3.63, 3.8) is 0 Å². The van der Waals surface area contributed by atoms with E-state index in [4.69, 9.17) is 4.74 Å². The summed E-state index contributed by atoms with van der Waals surface area (Å²) in [4.78, 5) is 10.3. The predicted molar refractivity (Wildman–Crippen MR) is 79.3 cm³/mol. The predicted octanol–water partition coefficient (Wildman–Crippen LogP) is 1.67. The standard InChI is InChI=1S/C12H14BrN5O3/c1-21-5-4-14-7-9-8-17(16-15-9)10-2-3-12(18(19)20)11(13)6-10/h2-3,6,8,14H,4-5,7H2,1H3. The SMILES string of the molecule is COCCNCc1cn(-c2ccc([N+](=O)[O-])c(Br)c2)nn1. The fourth-order valence-corrected chi connectivity index (χ4v) is 2.19. The molecule has 1 N–H and O–H groups in total. The first-order chi connectivity index (χ1) is 10.1. The van der Waals surface area contributed by atoms with Crippen molar-refractivity contribution in [2.45, 2.75) is 6.54 Å². The van der Waals surface area contributed by atoms with E-state index in [-0.39, 0.29) is 5.69 Å². The van der Waals surface area contributed by atoms with Gasteiger partial charge < -0.3 is 10.1 Å². The van der Waals surface area contributed by atoms with Crippen molar-refractivity contribution in [2.75, 3.05) is 20.3 Å². The number of nitrogens with zero attached hydrogens (tertiary/aromatic N) is 4. The molecule has 1 aromatic heterocycles. The van der Waals surface area contributed by atoms with E-state index in [0.717, 1.165) is 12.2 Å². The van der Waals surface area contributed by atoms with Crippen molar-refractivity contribution < 1.29 is 9.66 Å². The number of nitro groups is 1. The molecule has 1 aromatic carbocycles. The average Bonchev–Trinajstić information content (AvgIpc) is 2.92. The maximum absolute atomic E-state index is 10.8. The largest absolute Gasteiger partial charge is 0.383 e. The van der Waals surface area contributed by atoms with Crippen molar-refractivity contribution in [1.29, 1.82) is 0 Å². The van der Waals surface area contributed by atoms with Gasteiger partial charge in [-0.3, -0.25) is 10.1 Å². The molecule has 0 aliphatic heterocycles. The highest BCUT2D eigenvalue weighted by Crippen LogP contribution is 2.26. The molecule has 0 fully saturated rings. The third-order valence-electron chi connectivity index (χ3n) is 2.72. The molecular formula is C12H14BrN5O3. The number of ether oxygens (including phenoxy) is 1. The van der Waals surface area contributed by atoms with Gasteiger partial charge in [-0.1, -0.05) is 5.21 Å². The smallest absolute Gasteiger partial charge is 0.283 e. The maximum Gasteiger partial charge on any atom is 0.283 e. The van der Waals surface area contributed by atoms with Gasteiger partial charge in [0.25, 0.3) is 5.69 Å². The van der Waals surface area contributed by atoms with Crippen LogP contribution in [0, 0.1) is 10.1 Å². The Hall–Kier alpha value is -1.84. The lowest BCUT2D eigenvalue weighted by Crippen LogP contribution is -2.18. The Morgan fingerprint density at radius 2 is 2.33 bits per heavy atom. The zero-order chi connectivity index (χ0) is 15.2. The van der Waals surface area contributed by atoms with Crippen LogP contribution in [0.15, 0.2) is 28.9 Å². The van der Waals surface area contributed by atoms with Crippen LogP contribution < -0.4 is 5.32 Å². The number of hydrogen-bond acceptors (Lipinski definition) is 6. The van der Waals surface area contributed by atoms with Crippen LogP contribution in [0.25, 0.3) is 5.69 Å². The molecule has 0 unspecified atom stereocenters. The number of hydrogen-bond donors (Lipinski definition) is 1. The third-order valence-corrected chi connectivity index (χ3v) is 3.36. The number of rotatable bonds is 7. The lowest BCUT2D eigenvalue weighted by molar-refractivity contribution is -0.385. The monoisotopic (exact) mass is 355 g/mol. The number of benzene rings is 1. The summed E-state index contributed by atoms with van der Waals surface area (Å²) in [5.41, 5.74) is 1.49. The van der Waals surface area contributed by atoms with Crippen LogP contribution in [0.1, 0.15) is 5.69 Å². The van der Waals surface area contributed by atoms with Gasteiger partial charge in [0.2, 0.25) is 0 Å². The molecule has 0 radical (unpaired) electrons. The van der Waals surface area contributed by atoms with E-state index in [2.05, 4.69) is 31.6 Å². The van der Waals surface area contributed by atoms with Gasteiger partial charge in [-0.2, -0.15) is 0 Å². The maximum atomic E-state index is 10.8. The first-order valence-corrected chi connectivity index (χ1v) is 6.96. The van der Waals surface area contributed by atoms with E-state index in [1.54, 1.807) is 30.1 Å². The first kappa shape index (κ1) is 15.5. The molecule has 0 aliphatic rings. The Morgan fingerprint density at radius 1 is 1.52 bits per heavy atom. The zero-order valence-corrected chi connectivity index (χ0v) is 12.9. The molecule has 21 heavy (non-hydrogen) atoms. The molecule has 0 aliphatic carbocycles. The van der Waals surface area contributed by atoms with Crippen LogP contribution in [-0.4, -0.2) is 40.2 Å². The summed E-state index contributed by atoms with van der Waals surface area (Å²) < 4.78 is 6.91. The minimum Gasteiger partial charge on any atom is -0.383 e. The normalized spacial score (nSPS) is 10.8. The molecule has 0 saturated carbocycles. The Morgan fingerprint density at radius 3 is 3.00 bits per heavy atom. The highest BCUT2D eigenvalue weighted by Gasteiger charge is 2.13. The Bertz CT molecular complexity index is 631. The Labute approximate surface area is 129 Å². The van der Waals surface area contributed by atoms with Gasteiger partial charge in [0.05, 0.1) is 33.6 Å². The number of nitro benzene ring substituents is 1. The average molecular weight is 356 g/mol. The number of methoxy groups -OCH3 is 1. The van der Waals surface area contributed by atoms with Crippen molar-refractivity contribution >= 4 is 21.6 Å². The Kier molecular flexibility index (Phi) is 5.37. The third kappa shape index (κ3) is 4.06. The van der Waals surface area contributed by atoms with Crippen molar-refractivity contribution in [3.8, 4) is 5.69 Å². The van der Waals surface area contributed by atoms with E-state index in [1.165, 1.54) is 6.07 Å². The molecule has 0 amide bonds. The first-order valence-electron chi connectivity index (χ1n) is 6.17. The van der Waals surface area contributed by atoms with E-state index >= 15 is 0 Å². The van der Waals surface area contributed by atoms with Crippen LogP contribution >= 0.6 is 15.9 Å². The van der Waals surface area contributed by atoms with Crippen LogP contribution in [0.4, 0.5) is 5.69 Å². The molecule has 0 bridgehead atoms. The molecule has 0 saturated heterocycles. The molecular weight excluding hydrogens is 342 g/mol. The summed E-state index contributed by atoms with van der Waals surface area (Å²) in [7, 11) is 1.64. The van der Waals surface area contributed by atoms with Crippen LogP contribution in [0.5, 0.6) is 0 Å². The number of aromatic nitrogens is 3. The van der Waals surface area contributed by atoms with E-state index < -0.39 is 4.92 Å². The van der Waals surface area contributed by atoms with Crippen molar-refractivity contribution in [3.05, 3.63) is 44.7 Å². The van der Waals surface area contributed by atoms with Crippen molar-refractivity contribution in [1.82, 2.24) is 20.3 Å². The summed E-state index contributed by atoms with van der Waals surface area (Å²) in [6, 6.07) is 4.69. The Balaban J connectivity index is 2.07. The second-order valence-corrected chi connectivity index (χ2v) is 5.07. The van der Waals surface area contributed by atoms with Gasteiger partial charge in [-0.15, -0.1) is 5.10 Å². The second kappa shape index (κ2) is 7.25. The molecule has 2 rings (SSSR count). The van der Waals surface area contributed by atoms with Gasteiger partial charge in [0.15, 0.2) is 0 Å². The number of nitrogens with one attached hydrogen (secondary N) is 1. The van der Waals surface area contributed by atoms with Crippen LogP contribution in [0.3, 0.4) is 0 Å². The van der Waals surface area contributed by atoms with E-state index in [0.29, 0.717) is 23.3 Å². The van der Waals surface area contributed by atoms with Crippen LogP contribution in [0.2, 0.25) is 0 Å². The van der Waals surface area contributed by atoms with Crippen molar-refractivity contribution in [2.24, 2.45) is 0 Å². The second-order valence-electron chi connectivity index (χ2n) is 4.22. The quantitative estimate of drug-likeness (QED) is 0.461. The molecule has 9 heteroatoms. The summed E-state index contributed by atoms with van der Waals surface area (Å²) >= 11 is 3.18. The lowest BCUT2D eigenvalue weighted by atomic mass is 10.3. The molecule has 0 spiro atoms. The van der Waals surface area contributed by atoms with Gasteiger partial charge in [-0.05, 0) is 28.1 Å². The molecule has 1 heterocycles. The fraction of sp³-hybridized carbons (Fsp3) is 0.333. The molecule has 112 valence electrons. The van der Waals surface area contributed by atoms with Crippen LogP contribution in [-0.2, 0) is 11.3 Å². The number of halogens is 1. The van der Waals surface area contributed by atoms with Gasteiger partial charge in [0.1, 0.15) is 0 Å². The van der Waals surface area contributed by atoms with E-state index in [1.807, 2.05) is 0 Å². The highest BCUT2D eigenvalue weighted by atomic mass is 79.9. The minimum atomic E-state index is -0.444. The molecule has 2 aromatic rings. The van der Waals surface area contributed by atoms with Gasteiger partial charge in [0, 0.05) is 26.3 Å². The molecule has 0 atom stereocenters.